The quantitative estimate of drug-likeness (QED) is 0.525. The highest BCUT2D eigenvalue weighted by Gasteiger charge is 2.50. The Hall–Kier alpha value is -0.260. The zero-order chi connectivity index (χ0) is 7.78. The second-order valence-corrected chi connectivity index (χ2v) is 3.86. The molecule has 0 N–H and O–H groups in total. The second-order valence-electron chi connectivity index (χ2n) is 3.86. The maximum atomic E-state index is 3.83. The first-order chi connectivity index (χ1) is 4.65. The van der Waals surface area contributed by atoms with Crippen molar-refractivity contribution in [3.05, 3.63) is 12.7 Å². The highest BCUT2D eigenvalue weighted by Crippen LogP contribution is 2.58. The Morgan fingerprint density at radius 1 is 1.80 bits per heavy atom. The molecule has 1 aliphatic rings. The molecule has 0 aromatic rings. The predicted molar refractivity (Wildman–Crippen MR) is 45.9 cm³/mol. The Balaban J connectivity index is 2.49. The SMILES string of the molecule is C=CC1CC1(C)C(C)CC. The summed E-state index contributed by atoms with van der Waals surface area (Å²) < 4.78 is 0. The molecule has 3 atom stereocenters. The predicted octanol–water partition coefficient (Wildman–Crippen LogP) is 3.24. The molecule has 0 heterocycles. The van der Waals surface area contributed by atoms with Crippen LogP contribution in [0.5, 0.6) is 0 Å². The number of hydrogen-bond acceptors (Lipinski definition) is 0. The van der Waals surface area contributed by atoms with Crippen LogP contribution in [0.2, 0.25) is 0 Å². The van der Waals surface area contributed by atoms with E-state index in [1.54, 1.807) is 0 Å². The molecular formula is C10H18. The molecule has 1 saturated carbocycles. The molecule has 58 valence electrons. The summed E-state index contributed by atoms with van der Waals surface area (Å²) in [5, 5.41) is 0. The first-order valence-corrected chi connectivity index (χ1v) is 4.27. The first-order valence-electron chi connectivity index (χ1n) is 4.27. The topological polar surface area (TPSA) is 0 Å². The molecule has 0 radical (unpaired) electrons. The van der Waals surface area contributed by atoms with Crippen molar-refractivity contribution in [1.29, 1.82) is 0 Å². The molecule has 0 saturated heterocycles. The molecule has 1 fully saturated rings. The van der Waals surface area contributed by atoms with Crippen LogP contribution in [-0.4, -0.2) is 0 Å². The highest BCUT2D eigenvalue weighted by molar-refractivity contribution is 5.09. The number of allylic oxidation sites excluding steroid dienone is 1. The van der Waals surface area contributed by atoms with E-state index in [9.17, 15) is 0 Å². The average Bonchev–Trinajstić information content (AvgIpc) is 2.61. The second kappa shape index (κ2) is 2.41. The molecule has 0 aromatic heterocycles. The molecule has 1 aliphatic carbocycles. The minimum Gasteiger partial charge on any atom is -0.103 e. The van der Waals surface area contributed by atoms with E-state index in [0.717, 1.165) is 11.8 Å². The molecule has 0 amide bonds. The minimum absolute atomic E-state index is 0.608. The fraction of sp³-hybridized carbons (Fsp3) is 0.800. The molecule has 0 bridgehead atoms. The summed E-state index contributed by atoms with van der Waals surface area (Å²) in [6.07, 6.45) is 4.79. The lowest BCUT2D eigenvalue weighted by Gasteiger charge is -2.17. The van der Waals surface area contributed by atoms with E-state index < -0.39 is 0 Å². The number of rotatable bonds is 3. The fourth-order valence-electron chi connectivity index (χ4n) is 1.80. The summed E-state index contributed by atoms with van der Waals surface area (Å²) in [7, 11) is 0. The van der Waals surface area contributed by atoms with Gasteiger partial charge in [0.05, 0.1) is 0 Å². The largest absolute Gasteiger partial charge is 0.103 e. The summed E-state index contributed by atoms with van der Waals surface area (Å²) in [6.45, 7) is 10.8. The smallest absolute Gasteiger partial charge is 0.0174 e. The lowest BCUT2D eigenvalue weighted by Crippen LogP contribution is -2.09. The van der Waals surface area contributed by atoms with Crippen LogP contribution in [0.3, 0.4) is 0 Å². The van der Waals surface area contributed by atoms with Crippen LogP contribution < -0.4 is 0 Å². The maximum absolute atomic E-state index is 3.83. The zero-order valence-corrected chi connectivity index (χ0v) is 7.35. The van der Waals surface area contributed by atoms with E-state index in [-0.39, 0.29) is 0 Å². The van der Waals surface area contributed by atoms with Crippen molar-refractivity contribution in [2.24, 2.45) is 17.3 Å². The Labute approximate surface area is 64.3 Å². The lowest BCUT2D eigenvalue weighted by atomic mass is 9.88. The maximum Gasteiger partial charge on any atom is -0.0174 e. The molecule has 1 rings (SSSR count). The monoisotopic (exact) mass is 138 g/mol. The van der Waals surface area contributed by atoms with Gasteiger partial charge in [-0.25, -0.2) is 0 Å². The van der Waals surface area contributed by atoms with Crippen LogP contribution in [0.4, 0.5) is 0 Å². The van der Waals surface area contributed by atoms with Gasteiger partial charge in [-0.2, -0.15) is 0 Å². The van der Waals surface area contributed by atoms with Gasteiger partial charge in [0.2, 0.25) is 0 Å². The molecule has 0 nitrogen and oxygen atoms in total. The lowest BCUT2D eigenvalue weighted by molar-refractivity contribution is 0.337. The van der Waals surface area contributed by atoms with E-state index >= 15 is 0 Å². The van der Waals surface area contributed by atoms with E-state index in [4.69, 9.17) is 0 Å². The third-order valence-electron chi connectivity index (χ3n) is 3.37. The van der Waals surface area contributed by atoms with Gasteiger partial charge in [0.1, 0.15) is 0 Å². The summed E-state index contributed by atoms with van der Waals surface area (Å²) in [4.78, 5) is 0. The van der Waals surface area contributed by atoms with E-state index in [0.29, 0.717) is 5.41 Å². The van der Waals surface area contributed by atoms with Gasteiger partial charge in [0.25, 0.3) is 0 Å². The van der Waals surface area contributed by atoms with Crippen molar-refractivity contribution >= 4 is 0 Å². The molecular weight excluding hydrogens is 120 g/mol. The van der Waals surface area contributed by atoms with Crippen molar-refractivity contribution in [2.45, 2.75) is 33.6 Å². The molecule has 0 heteroatoms. The molecule has 3 unspecified atom stereocenters. The minimum atomic E-state index is 0.608. The zero-order valence-electron chi connectivity index (χ0n) is 7.35. The van der Waals surface area contributed by atoms with Crippen LogP contribution in [0.15, 0.2) is 12.7 Å². The Morgan fingerprint density at radius 2 is 2.40 bits per heavy atom. The van der Waals surface area contributed by atoms with Gasteiger partial charge in [-0.3, -0.25) is 0 Å². The van der Waals surface area contributed by atoms with Crippen molar-refractivity contribution in [3.8, 4) is 0 Å². The fourth-order valence-corrected chi connectivity index (χ4v) is 1.80. The summed E-state index contributed by atoms with van der Waals surface area (Å²) in [6, 6.07) is 0. The van der Waals surface area contributed by atoms with Gasteiger partial charge >= 0.3 is 0 Å². The first kappa shape index (κ1) is 7.84. The Morgan fingerprint density at radius 3 is 2.70 bits per heavy atom. The van der Waals surface area contributed by atoms with Gasteiger partial charge in [-0.1, -0.05) is 33.3 Å². The standard InChI is InChI=1S/C10H18/c1-5-8(3)10(4)7-9(10)6-2/h6,8-9H,2,5,7H2,1,3-4H3. The van der Waals surface area contributed by atoms with Crippen LogP contribution in [-0.2, 0) is 0 Å². The van der Waals surface area contributed by atoms with E-state index in [1.807, 2.05) is 0 Å². The highest BCUT2D eigenvalue weighted by atomic mass is 14.5. The van der Waals surface area contributed by atoms with Gasteiger partial charge in [-0.15, -0.1) is 6.58 Å². The third kappa shape index (κ3) is 1.00. The van der Waals surface area contributed by atoms with Crippen molar-refractivity contribution in [3.63, 3.8) is 0 Å². The molecule has 0 aromatic carbocycles. The molecule has 0 spiro atoms. The van der Waals surface area contributed by atoms with Gasteiger partial charge in [0, 0.05) is 0 Å². The molecule has 0 aliphatic heterocycles. The molecule has 10 heavy (non-hydrogen) atoms. The van der Waals surface area contributed by atoms with Crippen LogP contribution >= 0.6 is 0 Å². The van der Waals surface area contributed by atoms with Crippen LogP contribution in [0.25, 0.3) is 0 Å². The van der Waals surface area contributed by atoms with E-state index in [1.165, 1.54) is 12.8 Å². The van der Waals surface area contributed by atoms with Gasteiger partial charge < -0.3 is 0 Å². The normalized spacial score (nSPS) is 40.9. The van der Waals surface area contributed by atoms with Gasteiger partial charge in [0.15, 0.2) is 0 Å². The van der Waals surface area contributed by atoms with Crippen LogP contribution in [0.1, 0.15) is 33.6 Å². The summed E-state index contributed by atoms with van der Waals surface area (Å²) in [5.74, 6) is 1.68. The Bertz CT molecular complexity index is 137. The van der Waals surface area contributed by atoms with Gasteiger partial charge in [-0.05, 0) is 23.7 Å². The third-order valence-corrected chi connectivity index (χ3v) is 3.37. The van der Waals surface area contributed by atoms with Crippen molar-refractivity contribution in [1.82, 2.24) is 0 Å². The number of hydrogen-bond donors (Lipinski definition) is 0. The Kier molecular flexibility index (Phi) is 1.89. The summed E-state index contributed by atoms with van der Waals surface area (Å²) in [5.41, 5.74) is 0.608. The average molecular weight is 138 g/mol. The van der Waals surface area contributed by atoms with Crippen LogP contribution in [0, 0.1) is 17.3 Å². The van der Waals surface area contributed by atoms with E-state index in [2.05, 4.69) is 33.4 Å². The van der Waals surface area contributed by atoms with Crippen molar-refractivity contribution < 1.29 is 0 Å². The van der Waals surface area contributed by atoms with Crippen molar-refractivity contribution in [2.75, 3.05) is 0 Å². The summed E-state index contributed by atoms with van der Waals surface area (Å²) >= 11 is 0.